The molecule has 1 aliphatic carbocycles. The van der Waals surface area contributed by atoms with Gasteiger partial charge in [-0.05, 0) is 31.9 Å². The summed E-state index contributed by atoms with van der Waals surface area (Å²) in [5, 5.41) is 5.23. The van der Waals surface area contributed by atoms with Gasteiger partial charge in [-0.1, -0.05) is 6.07 Å². The quantitative estimate of drug-likeness (QED) is 0.551. The molecule has 36 heavy (non-hydrogen) atoms. The minimum absolute atomic E-state index is 0.101. The van der Waals surface area contributed by atoms with Gasteiger partial charge in [0, 0.05) is 42.4 Å². The summed E-state index contributed by atoms with van der Waals surface area (Å²) in [6.45, 7) is 0.703. The van der Waals surface area contributed by atoms with Crippen molar-refractivity contribution < 1.29 is 36.3 Å². The summed E-state index contributed by atoms with van der Waals surface area (Å²) in [4.78, 5) is 31.2. The Hall–Kier alpha value is -3.44. The predicted molar refractivity (Wildman–Crippen MR) is 118 cm³/mol. The lowest BCUT2D eigenvalue weighted by Crippen LogP contribution is -2.50. The smallest absolute Gasteiger partial charge is 0.390 e. The van der Waals surface area contributed by atoms with Crippen molar-refractivity contribution in [2.75, 3.05) is 20.2 Å². The fraction of sp³-hybridized carbons (Fsp3) is 0.458. The number of pyridine rings is 1. The number of alkyl halides is 3. The first-order valence-electron chi connectivity index (χ1n) is 11.3. The Morgan fingerprint density at radius 3 is 2.44 bits per heavy atom. The summed E-state index contributed by atoms with van der Waals surface area (Å²) in [5.41, 5.74) is 0.119. The number of aromatic nitrogens is 1. The van der Waals surface area contributed by atoms with Crippen molar-refractivity contribution in [3.63, 3.8) is 0 Å². The zero-order valence-electron chi connectivity index (χ0n) is 19.6. The number of halogens is 5. The van der Waals surface area contributed by atoms with Crippen molar-refractivity contribution in [2.24, 2.45) is 0 Å². The van der Waals surface area contributed by atoms with Crippen molar-refractivity contribution in [3.8, 4) is 5.75 Å². The highest BCUT2D eigenvalue weighted by Crippen LogP contribution is 2.44. The number of likely N-dealkylation sites (tertiary alicyclic amines) is 1. The summed E-state index contributed by atoms with van der Waals surface area (Å²) in [7, 11) is 1.22. The molecule has 4 rings (SSSR count). The second-order valence-corrected chi connectivity index (χ2v) is 9.08. The molecule has 1 aromatic heterocycles. The molecule has 1 aromatic carbocycles. The van der Waals surface area contributed by atoms with Crippen LogP contribution in [0.4, 0.5) is 26.7 Å². The van der Waals surface area contributed by atoms with E-state index in [4.69, 9.17) is 4.74 Å². The van der Waals surface area contributed by atoms with E-state index in [-0.39, 0.29) is 5.75 Å². The fourth-order valence-electron chi connectivity index (χ4n) is 4.49. The van der Waals surface area contributed by atoms with Gasteiger partial charge in [-0.2, -0.15) is 13.2 Å². The number of carbonyl (C=O) groups excluding carboxylic acids is 2. The third-order valence-corrected chi connectivity index (χ3v) is 6.49. The summed E-state index contributed by atoms with van der Waals surface area (Å²) in [6, 6.07) is 4.92. The normalized spacial score (nSPS) is 20.9. The van der Waals surface area contributed by atoms with Crippen LogP contribution in [0.5, 0.6) is 5.75 Å². The first-order chi connectivity index (χ1) is 16.9. The fourth-order valence-corrected chi connectivity index (χ4v) is 4.49. The molecule has 0 radical (unpaired) electrons. The van der Waals surface area contributed by atoms with Crippen LogP contribution in [0.2, 0.25) is 0 Å². The van der Waals surface area contributed by atoms with Gasteiger partial charge in [0.1, 0.15) is 23.4 Å². The second-order valence-electron chi connectivity index (χ2n) is 9.08. The van der Waals surface area contributed by atoms with Gasteiger partial charge in [-0.3, -0.25) is 9.78 Å². The maximum Gasteiger partial charge on any atom is 0.390 e. The topological polar surface area (TPSA) is 83.6 Å². The van der Waals surface area contributed by atoms with Crippen LogP contribution in [0, 0.1) is 18.6 Å². The number of nitrogens with zero attached hydrogens (tertiary/aromatic N) is 2. The molecular weight excluding hydrogens is 487 g/mol. The number of benzene rings is 1. The number of rotatable bonds is 7. The van der Waals surface area contributed by atoms with E-state index < -0.39 is 72.3 Å². The highest BCUT2D eigenvalue weighted by Gasteiger charge is 2.49. The van der Waals surface area contributed by atoms with Gasteiger partial charge in [-0.15, -0.1) is 0 Å². The molecule has 0 spiro atoms. The second kappa shape index (κ2) is 9.55. The number of aryl methyl sites for hydroxylation is 1. The summed E-state index contributed by atoms with van der Waals surface area (Å²) in [6.07, 6.45) is -4.63. The van der Waals surface area contributed by atoms with E-state index >= 15 is 0 Å². The number of amides is 3. The Labute approximate surface area is 204 Å². The maximum absolute atomic E-state index is 14.9. The molecule has 2 atom stereocenters. The molecule has 0 bridgehead atoms. The number of methoxy groups -OCH3 is 1. The van der Waals surface area contributed by atoms with E-state index in [0.717, 1.165) is 22.7 Å². The van der Waals surface area contributed by atoms with Crippen LogP contribution in [-0.2, 0) is 10.3 Å². The molecule has 12 heteroatoms. The molecule has 1 saturated heterocycles. The van der Waals surface area contributed by atoms with Gasteiger partial charge in [0.15, 0.2) is 0 Å². The molecule has 7 nitrogen and oxygen atoms in total. The average molecular weight is 512 g/mol. The van der Waals surface area contributed by atoms with E-state index in [1.54, 1.807) is 25.1 Å². The Kier molecular flexibility index (Phi) is 6.80. The van der Waals surface area contributed by atoms with Gasteiger partial charge in [0.2, 0.25) is 5.91 Å². The number of hydrogen-bond donors (Lipinski definition) is 2. The Morgan fingerprint density at radius 2 is 1.89 bits per heavy atom. The SMILES string of the molecule is COc1cc(F)c([C@@H]2CN(CCC(F)(F)F)C(=O)[C@H]2NC(=O)NC2(c3cccc(C)n3)CC2)c(F)c1. The lowest BCUT2D eigenvalue weighted by molar-refractivity contribution is -0.143. The minimum Gasteiger partial charge on any atom is -0.497 e. The van der Waals surface area contributed by atoms with Crippen LogP contribution in [0.1, 0.15) is 42.1 Å². The summed E-state index contributed by atoms with van der Waals surface area (Å²) >= 11 is 0. The highest BCUT2D eigenvalue weighted by atomic mass is 19.4. The molecule has 194 valence electrons. The zero-order chi connectivity index (χ0) is 26.3. The maximum atomic E-state index is 14.9. The monoisotopic (exact) mass is 512 g/mol. The van der Waals surface area contributed by atoms with Crippen LogP contribution in [0.15, 0.2) is 30.3 Å². The number of nitrogens with one attached hydrogen (secondary N) is 2. The van der Waals surface area contributed by atoms with E-state index in [9.17, 15) is 31.5 Å². The Balaban J connectivity index is 1.58. The van der Waals surface area contributed by atoms with Crippen LogP contribution < -0.4 is 15.4 Å². The first kappa shape index (κ1) is 25.6. The van der Waals surface area contributed by atoms with E-state index in [0.29, 0.717) is 18.5 Å². The molecule has 2 fully saturated rings. The highest BCUT2D eigenvalue weighted by molar-refractivity contribution is 5.90. The molecule has 3 amide bonds. The van der Waals surface area contributed by atoms with Crippen LogP contribution in [0.3, 0.4) is 0 Å². The zero-order valence-corrected chi connectivity index (χ0v) is 19.6. The van der Waals surface area contributed by atoms with E-state index in [1.807, 2.05) is 0 Å². The number of ether oxygens (including phenoxy) is 1. The lowest BCUT2D eigenvalue weighted by Gasteiger charge is -2.23. The van der Waals surface area contributed by atoms with Crippen molar-refractivity contribution in [1.29, 1.82) is 0 Å². The number of hydrogen-bond acceptors (Lipinski definition) is 4. The lowest BCUT2D eigenvalue weighted by atomic mass is 9.92. The third kappa shape index (κ3) is 5.36. The van der Waals surface area contributed by atoms with Gasteiger partial charge in [-0.25, -0.2) is 13.6 Å². The molecule has 1 aliphatic heterocycles. The molecule has 2 N–H and O–H groups in total. The van der Waals surface area contributed by atoms with E-state index in [1.165, 1.54) is 7.11 Å². The Bertz CT molecular complexity index is 1150. The summed E-state index contributed by atoms with van der Waals surface area (Å²) < 4.78 is 73.0. The van der Waals surface area contributed by atoms with E-state index in [2.05, 4.69) is 15.6 Å². The number of carbonyl (C=O) groups is 2. The molecular formula is C24H25F5N4O3. The standard InChI is InChI=1S/C24H25F5N4O3/c1-13-4-3-5-18(30-13)23(6-7-23)32-22(35)31-20-15(12-33(21(20)34)9-8-24(27,28)29)19-16(25)10-14(36-2)11-17(19)26/h3-5,10-11,15,20H,6-9,12H2,1-2H3,(H2,31,32,35)/t15-,20-/m0/s1. The first-order valence-corrected chi connectivity index (χ1v) is 11.3. The molecule has 2 heterocycles. The largest absolute Gasteiger partial charge is 0.497 e. The minimum atomic E-state index is -4.53. The number of urea groups is 1. The van der Waals surface area contributed by atoms with Crippen LogP contribution in [0.25, 0.3) is 0 Å². The van der Waals surface area contributed by atoms with Gasteiger partial charge in [0.25, 0.3) is 0 Å². The van der Waals surface area contributed by atoms with Crippen molar-refractivity contribution in [2.45, 2.75) is 49.9 Å². The molecule has 1 saturated carbocycles. The van der Waals surface area contributed by atoms with Crippen molar-refractivity contribution >= 4 is 11.9 Å². The third-order valence-electron chi connectivity index (χ3n) is 6.49. The predicted octanol–water partition coefficient (Wildman–Crippen LogP) is 3.91. The summed E-state index contributed by atoms with van der Waals surface area (Å²) in [5.74, 6) is -4.27. The molecule has 2 aliphatic rings. The molecule has 2 aromatic rings. The van der Waals surface area contributed by atoms with Crippen molar-refractivity contribution in [1.82, 2.24) is 20.5 Å². The van der Waals surface area contributed by atoms with Gasteiger partial charge >= 0.3 is 12.2 Å². The Morgan fingerprint density at radius 1 is 1.22 bits per heavy atom. The van der Waals surface area contributed by atoms with Gasteiger partial charge in [0.05, 0.1) is 24.8 Å². The average Bonchev–Trinajstić information content (AvgIpc) is 3.51. The van der Waals surface area contributed by atoms with Crippen molar-refractivity contribution in [3.05, 3.63) is 58.9 Å². The van der Waals surface area contributed by atoms with Gasteiger partial charge < -0.3 is 20.3 Å². The van der Waals surface area contributed by atoms with Crippen LogP contribution >= 0.6 is 0 Å². The van der Waals surface area contributed by atoms with Crippen LogP contribution in [-0.4, -0.2) is 54.2 Å². The molecule has 0 unspecified atom stereocenters.